The zero-order valence-corrected chi connectivity index (χ0v) is 19.1. The molecule has 4 rings (SSSR count). The van der Waals surface area contributed by atoms with E-state index in [0.29, 0.717) is 40.1 Å². The summed E-state index contributed by atoms with van der Waals surface area (Å²) in [7, 11) is -3.95. The number of hydrogen-bond donors (Lipinski definition) is 3. The minimum Gasteiger partial charge on any atom is -0.452 e. The highest BCUT2D eigenvalue weighted by Gasteiger charge is 2.58. The molecule has 0 spiro atoms. The van der Waals surface area contributed by atoms with Crippen molar-refractivity contribution in [1.82, 2.24) is 0 Å². The molecule has 0 aromatic heterocycles. The molecule has 4 aromatic rings. The van der Waals surface area contributed by atoms with E-state index in [1.807, 2.05) is 31.2 Å². The third-order valence-electron chi connectivity index (χ3n) is 4.63. The second kappa shape index (κ2) is 9.45. The van der Waals surface area contributed by atoms with Crippen LogP contribution in [-0.4, -0.2) is 9.05 Å². The van der Waals surface area contributed by atoms with Crippen LogP contribution in [0, 0.1) is 6.92 Å². The lowest BCUT2D eigenvalue weighted by Crippen LogP contribution is -2.60. The van der Waals surface area contributed by atoms with E-state index in [2.05, 4.69) is 0 Å². The highest BCUT2D eigenvalue weighted by Crippen LogP contribution is 2.28. The van der Waals surface area contributed by atoms with E-state index in [0.717, 1.165) is 5.56 Å². The normalized spacial score (nSPS) is 10.9. The molecule has 6 N–H and O–H groups in total. The van der Waals surface area contributed by atoms with Crippen LogP contribution in [0.3, 0.4) is 0 Å². The van der Waals surface area contributed by atoms with Gasteiger partial charge in [0.15, 0.2) is 0 Å². The summed E-state index contributed by atoms with van der Waals surface area (Å²) >= 11 is 0. The van der Waals surface area contributed by atoms with E-state index < -0.39 is 9.05 Å². The summed E-state index contributed by atoms with van der Waals surface area (Å²) in [5, 5.41) is 0. The van der Waals surface area contributed by atoms with Crippen molar-refractivity contribution in [3.05, 3.63) is 103 Å². The van der Waals surface area contributed by atoms with Gasteiger partial charge < -0.3 is 34.9 Å². The van der Waals surface area contributed by atoms with Gasteiger partial charge in [-0.3, -0.25) is 0 Å². The van der Waals surface area contributed by atoms with E-state index in [4.69, 9.17) is 34.9 Å². The molecule has 33 heavy (non-hydrogen) atoms. The average molecular weight is 460 g/mol. The first-order valence-electron chi connectivity index (χ1n) is 10.3. The molecule has 0 bridgehead atoms. The summed E-state index contributed by atoms with van der Waals surface area (Å²) < 4.78 is 25.3. The quantitative estimate of drug-likeness (QED) is 0.256. The monoisotopic (exact) mass is 459 g/mol. The lowest BCUT2D eigenvalue weighted by atomic mass is 10.2. The highest BCUT2D eigenvalue weighted by atomic mass is 28.4. The molecule has 0 aliphatic carbocycles. The van der Waals surface area contributed by atoms with Crippen molar-refractivity contribution in [3.8, 4) is 23.0 Å². The Hall–Kier alpha value is -4.30. The number of anilines is 3. The molecule has 0 amide bonds. The molecular formula is C25H25N3O4Si. The van der Waals surface area contributed by atoms with E-state index in [1.165, 1.54) is 0 Å². The van der Waals surface area contributed by atoms with E-state index in [9.17, 15) is 0 Å². The maximum Gasteiger partial charge on any atom is 0.966 e. The van der Waals surface area contributed by atoms with Gasteiger partial charge in [-0.25, -0.2) is 0 Å². The minimum atomic E-state index is -3.95. The molecule has 4 aromatic carbocycles. The van der Waals surface area contributed by atoms with E-state index in [-0.39, 0.29) is 0 Å². The lowest BCUT2D eigenvalue weighted by molar-refractivity contribution is 0.161. The number of nitrogen functional groups attached to an aromatic ring is 3. The molecule has 0 radical (unpaired) electrons. The van der Waals surface area contributed by atoms with Crippen LogP contribution in [0.5, 0.6) is 23.0 Å². The van der Waals surface area contributed by atoms with Crippen LogP contribution in [-0.2, 0) is 0 Å². The van der Waals surface area contributed by atoms with Gasteiger partial charge in [0.25, 0.3) is 0 Å². The predicted octanol–water partition coefficient (Wildman–Crippen LogP) is 4.79. The second-order valence-corrected chi connectivity index (χ2v) is 9.24. The van der Waals surface area contributed by atoms with Crippen molar-refractivity contribution in [3.63, 3.8) is 0 Å². The molecule has 0 heterocycles. The topological polar surface area (TPSA) is 115 Å². The molecule has 168 valence electrons. The van der Waals surface area contributed by atoms with Gasteiger partial charge in [0.2, 0.25) is 0 Å². The van der Waals surface area contributed by atoms with Crippen LogP contribution in [0.4, 0.5) is 17.1 Å². The van der Waals surface area contributed by atoms with Gasteiger partial charge in [0.1, 0.15) is 23.0 Å². The Morgan fingerprint density at radius 1 is 0.424 bits per heavy atom. The smallest absolute Gasteiger partial charge is 0.452 e. The molecule has 0 unspecified atom stereocenters. The molecule has 0 fully saturated rings. The van der Waals surface area contributed by atoms with Gasteiger partial charge in [-0.2, -0.15) is 0 Å². The van der Waals surface area contributed by atoms with Crippen molar-refractivity contribution in [2.24, 2.45) is 0 Å². The summed E-state index contributed by atoms with van der Waals surface area (Å²) in [5.41, 5.74) is 20.4. The standard InChI is InChI=1S/C25H25N3O4Si/c1-18-2-10-22(11-3-18)29-33(30-23-12-4-19(26)5-13-23,31-24-14-6-20(27)7-15-24)32-25-16-8-21(28)9-17-25/h2-17H,26-28H2,1H3. The zero-order valence-electron chi connectivity index (χ0n) is 18.1. The molecular weight excluding hydrogens is 434 g/mol. The molecule has 0 atom stereocenters. The second-order valence-electron chi connectivity index (χ2n) is 7.43. The van der Waals surface area contributed by atoms with Gasteiger partial charge in [-0.1, -0.05) is 17.7 Å². The van der Waals surface area contributed by atoms with Crippen LogP contribution in [0.1, 0.15) is 5.56 Å². The minimum absolute atomic E-state index is 0.480. The SMILES string of the molecule is Cc1ccc(O[Si](Oc2ccc(N)cc2)(Oc2ccc(N)cc2)Oc2ccc(N)cc2)cc1. The van der Waals surface area contributed by atoms with E-state index in [1.54, 1.807) is 72.8 Å². The van der Waals surface area contributed by atoms with Crippen LogP contribution in [0.25, 0.3) is 0 Å². The lowest BCUT2D eigenvalue weighted by Gasteiger charge is -2.28. The summed E-state index contributed by atoms with van der Waals surface area (Å²) in [6.07, 6.45) is 0. The third kappa shape index (κ3) is 5.90. The van der Waals surface area contributed by atoms with Crippen LogP contribution >= 0.6 is 0 Å². The number of nitrogens with two attached hydrogens (primary N) is 3. The van der Waals surface area contributed by atoms with Gasteiger partial charge in [-0.05, 0) is 91.9 Å². The Morgan fingerprint density at radius 3 is 0.939 bits per heavy atom. The Morgan fingerprint density at radius 2 is 0.667 bits per heavy atom. The summed E-state index contributed by atoms with van der Waals surface area (Å²) in [4.78, 5) is 0. The molecule has 8 heteroatoms. The van der Waals surface area contributed by atoms with Gasteiger partial charge in [0.05, 0.1) is 0 Å². The number of aryl methyl sites for hydroxylation is 1. The zero-order chi connectivity index (χ0) is 23.3. The fourth-order valence-corrected chi connectivity index (χ4v) is 4.87. The Kier molecular flexibility index (Phi) is 6.28. The molecule has 0 saturated carbocycles. The number of rotatable bonds is 8. The van der Waals surface area contributed by atoms with Gasteiger partial charge in [-0.15, -0.1) is 0 Å². The Bertz CT molecular complexity index is 987. The molecule has 0 saturated heterocycles. The highest BCUT2D eigenvalue weighted by molar-refractivity contribution is 6.57. The maximum absolute atomic E-state index is 6.34. The fraction of sp³-hybridized carbons (Fsp3) is 0.0400. The number of benzene rings is 4. The molecule has 0 aliphatic heterocycles. The van der Waals surface area contributed by atoms with Crippen molar-refractivity contribution >= 4 is 26.1 Å². The maximum atomic E-state index is 6.34. The number of hydrogen-bond acceptors (Lipinski definition) is 7. The Balaban J connectivity index is 1.77. The molecule has 7 nitrogen and oxygen atoms in total. The first-order chi connectivity index (χ1) is 15.9. The van der Waals surface area contributed by atoms with Gasteiger partial charge >= 0.3 is 9.05 Å². The van der Waals surface area contributed by atoms with Crippen LogP contribution < -0.4 is 34.9 Å². The van der Waals surface area contributed by atoms with E-state index >= 15 is 0 Å². The third-order valence-corrected chi connectivity index (χ3v) is 6.58. The van der Waals surface area contributed by atoms with Gasteiger partial charge in [0, 0.05) is 17.1 Å². The molecule has 0 aliphatic rings. The van der Waals surface area contributed by atoms with Crippen LogP contribution in [0.2, 0.25) is 0 Å². The fourth-order valence-electron chi connectivity index (χ4n) is 2.92. The predicted molar refractivity (Wildman–Crippen MR) is 132 cm³/mol. The summed E-state index contributed by atoms with van der Waals surface area (Å²) in [6, 6.07) is 28.3. The first kappa shape index (κ1) is 21.9. The largest absolute Gasteiger partial charge is 0.966 e. The first-order valence-corrected chi connectivity index (χ1v) is 11.9. The summed E-state index contributed by atoms with van der Waals surface area (Å²) in [5.74, 6) is 1.98. The average Bonchev–Trinajstić information content (AvgIpc) is 2.80. The van der Waals surface area contributed by atoms with Crippen molar-refractivity contribution in [1.29, 1.82) is 0 Å². The summed E-state index contributed by atoms with van der Waals surface area (Å²) in [6.45, 7) is 2.00. The van der Waals surface area contributed by atoms with Crippen molar-refractivity contribution in [2.75, 3.05) is 17.2 Å². The van der Waals surface area contributed by atoms with Crippen LogP contribution in [0.15, 0.2) is 97.1 Å². The van der Waals surface area contributed by atoms with Crippen molar-refractivity contribution in [2.45, 2.75) is 6.92 Å². The Labute approximate surface area is 193 Å². The van der Waals surface area contributed by atoms with Crippen molar-refractivity contribution < 1.29 is 17.7 Å².